The molecule has 0 saturated heterocycles. The summed E-state index contributed by atoms with van der Waals surface area (Å²) in [6.07, 6.45) is 4.19. The number of carbonyl (C=O) groups excluding carboxylic acids is 2. The number of aromatic nitrogens is 2. The Balaban J connectivity index is 1.36. The van der Waals surface area contributed by atoms with Crippen LogP contribution >= 0.6 is 11.6 Å². The van der Waals surface area contributed by atoms with E-state index in [1.807, 2.05) is 24.4 Å². The summed E-state index contributed by atoms with van der Waals surface area (Å²) in [5, 5.41) is 4.86. The van der Waals surface area contributed by atoms with Crippen LogP contribution in [-0.4, -0.2) is 21.5 Å². The van der Waals surface area contributed by atoms with Gasteiger partial charge >= 0.3 is 5.97 Å². The molecule has 7 nitrogen and oxygen atoms in total. The molecule has 0 bridgehead atoms. The molecule has 1 aliphatic heterocycles. The lowest BCUT2D eigenvalue weighted by atomic mass is 10.0. The first kappa shape index (κ1) is 22.0. The van der Waals surface area contributed by atoms with Crippen molar-refractivity contribution in [3.63, 3.8) is 0 Å². The van der Waals surface area contributed by atoms with Gasteiger partial charge in [0.1, 0.15) is 17.3 Å². The third-order valence-corrected chi connectivity index (χ3v) is 5.91. The predicted molar refractivity (Wildman–Crippen MR) is 127 cm³/mol. The zero-order chi connectivity index (χ0) is 23.8. The van der Waals surface area contributed by atoms with Gasteiger partial charge in [-0.3, -0.25) is 9.59 Å². The van der Waals surface area contributed by atoms with Crippen molar-refractivity contribution in [2.24, 2.45) is 0 Å². The molecule has 0 saturated carbocycles. The highest BCUT2D eigenvalue weighted by Crippen LogP contribution is 2.38. The zero-order valence-electron chi connectivity index (χ0n) is 18.6. The summed E-state index contributed by atoms with van der Waals surface area (Å²) in [6.45, 7) is 4.68. The molecule has 2 aromatic carbocycles. The van der Waals surface area contributed by atoms with Crippen LogP contribution in [0.5, 0.6) is 11.5 Å². The van der Waals surface area contributed by atoms with E-state index in [4.69, 9.17) is 25.6 Å². The largest absolute Gasteiger partial charge is 0.452 e. The minimum Gasteiger partial charge on any atom is -0.452 e. The minimum absolute atomic E-state index is 0.0914. The number of para-hydroxylation sites is 1. The number of allylic oxidation sites excluding steroid dienone is 1. The quantitative estimate of drug-likeness (QED) is 0.200. The molecular weight excluding hydrogens is 456 g/mol. The van der Waals surface area contributed by atoms with Crippen LogP contribution in [0.4, 0.5) is 0 Å². The molecule has 0 N–H and O–H groups in total. The number of Topliss-reactive ketones (excluding diaryl/α,β-unsaturated/α-hetero) is 1. The molecule has 172 valence electrons. The van der Waals surface area contributed by atoms with Gasteiger partial charge in [0.25, 0.3) is 0 Å². The first-order valence-electron chi connectivity index (χ1n) is 10.9. The van der Waals surface area contributed by atoms with Crippen LogP contribution < -0.4 is 9.47 Å². The van der Waals surface area contributed by atoms with Crippen molar-refractivity contribution in [2.45, 2.75) is 33.2 Å². The first-order valence-corrected chi connectivity index (χ1v) is 11.3. The van der Waals surface area contributed by atoms with Gasteiger partial charge in [0.2, 0.25) is 5.78 Å². The van der Waals surface area contributed by atoms with E-state index in [9.17, 15) is 9.59 Å². The summed E-state index contributed by atoms with van der Waals surface area (Å²) in [6, 6.07) is 12.8. The third-order valence-electron chi connectivity index (χ3n) is 5.73. The van der Waals surface area contributed by atoms with Crippen LogP contribution in [0.1, 0.15) is 40.6 Å². The predicted octanol–water partition coefficient (Wildman–Crippen LogP) is 5.77. The standard InChI is InChI=1S/C26H21ClN2O5/c1-3-29-14-16(19-6-4-5-7-20(19)29)11-22-26(31)25-15(2)10-18(12-21(25)33-22)32-24(30)9-8-17-13-23(27)28-34-17/h4-7,10-14H,3,8-9H2,1-2H3/b22-11-. The number of nitrogens with zero attached hydrogens (tertiary/aromatic N) is 2. The van der Waals surface area contributed by atoms with Crippen molar-refractivity contribution in [1.82, 2.24) is 9.72 Å². The minimum atomic E-state index is -0.445. The maximum atomic E-state index is 13.1. The van der Waals surface area contributed by atoms with Gasteiger partial charge in [-0.25, -0.2) is 0 Å². The van der Waals surface area contributed by atoms with Gasteiger partial charge in [-0.2, -0.15) is 0 Å². The number of carbonyl (C=O) groups is 2. The molecule has 34 heavy (non-hydrogen) atoms. The van der Waals surface area contributed by atoms with Crippen molar-refractivity contribution in [2.75, 3.05) is 0 Å². The Bertz CT molecular complexity index is 1460. The Morgan fingerprint density at radius 1 is 1.24 bits per heavy atom. The molecule has 5 rings (SSSR count). The van der Waals surface area contributed by atoms with Crippen LogP contribution in [0.2, 0.25) is 5.15 Å². The average Bonchev–Trinajstić information content (AvgIpc) is 3.48. The van der Waals surface area contributed by atoms with Crippen molar-refractivity contribution in [3.8, 4) is 11.5 Å². The Morgan fingerprint density at radius 3 is 2.82 bits per heavy atom. The summed E-state index contributed by atoms with van der Waals surface area (Å²) in [4.78, 5) is 25.4. The van der Waals surface area contributed by atoms with Gasteiger partial charge in [0.15, 0.2) is 10.9 Å². The number of hydrogen-bond donors (Lipinski definition) is 0. The van der Waals surface area contributed by atoms with Gasteiger partial charge < -0.3 is 18.6 Å². The van der Waals surface area contributed by atoms with Crippen molar-refractivity contribution >= 4 is 40.3 Å². The third kappa shape index (κ3) is 4.10. The van der Waals surface area contributed by atoms with Gasteiger partial charge in [-0.15, -0.1) is 0 Å². The Hall–Kier alpha value is -3.84. The maximum absolute atomic E-state index is 13.1. The van der Waals surface area contributed by atoms with Crippen LogP contribution in [-0.2, 0) is 17.8 Å². The summed E-state index contributed by atoms with van der Waals surface area (Å²) in [5.74, 6) is 0.789. The second kappa shape index (κ2) is 8.83. The van der Waals surface area contributed by atoms with Crippen LogP contribution in [0.3, 0.4) is 0 Å². The molecule has 3 heterocycles. The number of rotatable bonds is 6. The molecular formula is C26H21ClN2O5. The van der Waals surface area contributed by atoms with Crippen molar-refractivity contribution in [1.29, 1.82) is 0 Å². The number of hydrogen-bond acceptors (Lipinski definition) is 6. The molecule has 0 atom stereocenters. The number of ether oxygens (including phenoxy) is 2. The molecule has 2 aromatic heterocycles. The number of ketones is 1. The van der Waals surface area contributed by atoms with Crippen molar-refractivity contribution in [3.05, 3.63) is 82.0 Å². The average molecular weight is 477 g/mol. The summed E-state index contributed by atoms with van der Waals surface area (Å²) < 4.78 is 18.5. The normalized spacial score (nSPS) is 14.0. The Labute approximate surface area is 200 Å². The lowest BCUT2D eigenvalue weighted by molar-refractivity contribution is -0.134. The second-order valence-electron chi connectivity index (χ2n) is 8.03. The molecule has 4 aromatic rings. The second-order valence-corrected chi connectivity index (χ2v) is 8.42. The van der Waals surface area contributed by atoms with E-state index in [0.717, 1.165) is 23.0 Å². The fraction of sp³-hybridized carbons (Fsp3) is 0.192. The van der Waals surface area contributed by atoms with E-state index in [-0.39, 0.29) is 23.1 Å². The number of aryl methyl sites for hydroxylation is 3. The lowest BCUT2D eigenvalue weighted by Gasteiger charge is -2.07. The number of fused-ring (bicyclic) bond motifs is 2. The zero-order valence-corrected chi connectivity index (χ0v) is 19.4. The van der Waals surface area contributed by atoms with E-state index in [1.165, 1.54) is 0 Å². The van der Waals surface area contributed by atoms with E-state index >= 15 is 0 Å². The highest BCUT2D eigenvalue weighted by atomic mass is 35.5. The van der Waals surface area contributed by atoms with E-state index < -0.39 is 5.97 Å². The van der Waals surface area contributed by atoms with Gasteiger partial charge in [-0.1, -0.05) is 35.0 Å². The molecule has 1 aliphatic rings. The van der Waals surface area contributed by atoms with E-state index in [2.05, 4.69) is 22.7 Å². The molecule has 0 fully saturated rings. The first-order chi connectivity index (χ1) is 16.4. The monoisotopic (exact) mass is 476 g/mol. The summed E-state index contributed by atoms with van der Waals surface area (Å²) >= 11 is 5.72. The van der Waals surface area contributed by atoms with Crippen molar-refractivity contribution < 1.29 is 23.6 Å². The fourth-order valence-corrected chi connectivity index (χ4v) is 4.30. The van der Waals surface area contributed by atoms with E-state index in [0.29, 0.717) is 34.8 Å². The number of esters is 1. The molecule has 8 heteroatoms. The van der Waals surface area contributed by atoms with Gasteiger partial charge in [-0.05, 0) is 37.6 Å². The maximum Gasteiger partial charge on any atom is 0.311 e. The molecule has 0 radical (unpaired) electrons. The smallest absolute Gasteiger partial charge is 0.311 e. The van der Waals surface area contributed by atoms with Gasteiger partial charge in [0, 0.05) is 47.8 Å². The lowest BCUT2D eigenvalue weighted by Crippen LogP contribution is -2.09. The van der Waals surface area contributed by atoms with Crippen LogP contribution in [0.15, 0.2) is 58.9 Å². The summed E-state index contributed by atoms with van der Waals surface area (Å²) in [7, 11) is 0. The Kier molecular flexibility index (Phi) is 5.71. The fourth-order valence-electron chi connectivity index (χ4n) is 4.14. The molecule has 0 aliphatic carbocycles. The molecule has 0 unspecified atom stereocenters. The van der Waals surface area contributed by atoms with Gasteiger partial charge in [0.05, 0.1) is 12.0 Å². The highest BCUT2D eigenvalue weighted by molar-refractivity contribution is 6.29. The van der Waals surface area contributed by atoms with Crippen LogP contribution in [0, 0.1) is 6.92 Å². The SMILES string of the molecule is CCn1cc(/C=C2\Oc3cc(OC(=O)CCc4cc(Cl)no4)cc(C)c3C2=O)c2ccccc21. The molecule has 0 amide bonds. The number of halogens is 1. The Morgan fingerprint density at radius 2 is 2.06 bits per heavy atom. The summed E-state index contributed by atoms with van der Waals surface area (Å²) in [5.41, 5.74) is 3.15. The number of benzene rings is 2. The van der Waals surface area contributed by atoms with Crippen LogP contribution in [0.25, 0.3) is 17.0 Å². The molecule has 0 spiro atoms. The highest BCUT2D eigenvalue weighted by Gasteiger charge is 2.30. The van der Waals surface area contributed by atoms with E-state index in [1.54, 1.807) is 31.2 Å². The topological polar surface area (TPSA) is 83.6 Å².